The zero-order chi connectivity index (χ0) is 16.4. The number of carbonyl (C=O) groups is 1. The molecule has 2 aromatic rings. The Morgan fingerprint density at radius 3 is 2.61 bits per heavy atom. The average Bonchev–Trinajstić information content (AvgIpc) is 2.54. The van der Waals surface area contributed by atoms with Crippen LogP contribution in [0.2, 0.25) is 0 Å². The number of nitrogens with zero attached hydrogens (tertiary/aromatic N) is 1. The topological polar surface area (TPSA) is 74.8 Å². The van der Waals surface area contributed by atoms with Crippen molar-refractivity contribution in [1.82, 2.24) is 9.97 Å². The number of hydrogen-bond acceptors (Lipinski definition) is 4. The van der Waals surface area contributed by atoms with Crippen molar-refractivity contribution >= 4 is 23.5 Å². The van der Waals surface area contributed by atoms with E-state index in [4.69, 9.17) is 0 Å². The van der Waals surface area contributed by atoms with E-state index >= 15 is 0 Å². The molecule has 0 saturated carbocycles. The minimum atomic E-state index is -0.249. The highest BCUT2D eigenvalue weighted by molar-refractivity contribution is 7.99. The zero-order valence-electron chi connectivity index (χ0n) is 13.2. The van der Waals surface area contributed by atoms with Crippen molar-refractivity contribution < 1.29 is 4.79 Å². The summed E-state index contributed by atoms with van der Waals surface area (Å²) in [5.74, 6) is 0.845. The van der Waals surface area contributed by atoms with Gasteiger partial charge in [-0.3, -0.25) is 9.59 Å². The Bertz CT molecular complexity index is 783. The first kappa shape index (κ1) is 15.8. The van der Waals surface area contributed by atoms with E-state index in [1.807, 2.05) is 31.2 Å². The average molecular weight is 329 g/mol. The summed E-state index contributed by atoms with van der Waals surface area (Å²) in [7, 11) is 0. The lowest BCUT2D eigenvalue weighted by Crippen LogP contribution is -2.31. The molecule has 1 amide bonds. The predicted octanol–water partition coefficient (Wildman–Crippen LogP) is 2.92. The molecular formula is C17H19N3O2S. The van der Waals surface area contributed by atoms with Crippen LogP contribution in [0.5, 0.6) is 0 Å². The van der Waals surface area contributed by atoms with Gasteiger partial charge in [-0.2, -0.15) is 0 Å². The molecule has 0 radical (unpaired) electrons. The molecule has 2 heterocycles. The summed E-state index contributed by atoms with van der Waals surface area (Å²) in [6.45, 7) is 4.08. The molecule has 1 atom stereocenters. The smallest absolute Gasteiger partial charge is 0.257 e. The Morgan fingerprint density at radius 1 is 1.22 bits per heavy atom. The van der Waals surface area contributed by atoms with Gasteiger partial charge in [0, 0.05) is 12.3 Å². The molecule has 0 aliphatic carbocycles. The Morgan fingerprint density at radius 2 is 1.96 bits per heavy atom. The number of hydrogen-bond donors (Lipinski definition) is 2. The molecule has 0 bridgehead atoms. The van der Waals surface area contributed by atoms with Gasteiger partial charge >= 0.3 is 0 Å². The third kappa shape index (κ3) is 3.17. The molecule has 1 aromatic carbocycles. The maximum atomic E-state index is 12.5. The van der Waals surface area contributed by atoms with Crippen molar-refractivity contribution in [3.8, 4) is 0 Å². The van der Waals surface area contributed by atoms with Gasteiger partial charge in [0.15, 0.2) is 5.16 Å². The maximum absolute atomic E-state index is 12.5. The van der Waals surface area contributed by atoms with Gasteiger partial charge in [0.1, 0.15) is 5.82 Å². The second-order valence-electron chi connectivity index (χ2n) is 5.47. The first-order valence-electron chi connectivity index (χ1n) is 7.78. The summed E-state index contributed by atoms with van der Waals surface area (Å²) in [5.41, 5.74) is 2.59. The van der Waals surface area contributed by atoms with Crippen LogP contribution < -0.4 is 10.9 Å². The molecule has 5 nitrogen and oxygen atoms in total. The molecule has 1 aliphatic rings. The van der Waals surface area contributed by atoms with Crippen LogP contribution in [0.15, 0.2) is 34.2 Å². The van der Waals surface area contributed by atoms with E-state index in [1.54, 1.807) is 0 Å². The van der Waals surface area contributed by atoms with E-state index in [2.05, 4.69) is 22.2 Å². The third-order valence-electron chi connectivity index (χ3n) is 4.00. The summed E-state index contributed by atoms with van der Waals surface area (Å²) in [6.07, 6.45) is 1.23. The van der Waals surface area contributed by atoms with Gasteiger partial charge in [-0.05, 0) is 23.3 Å². The van der Waals surface area contributed by atoms with E-state index in [1.165, 1.54) is 17.3 Å². The minimum absolute atomic E-state index is 0.104. The number of nitrogens with one attached hydrogen (secondary N) is 2. The minimum Gasteiger partial charge on any atom is -0.310 e. The number of H-pyrrole nitrogens is 1. The number of anilines is 1. The van der Waals surface area contributed by atoms with Crippen molar-refractivity contribution in [2.24, 2.45) is 0 Å². The van der Waals surface area contributed by atoms with Crippen LogP contribution >= 0.6 is 11.8 Å². The largest absolute Gasteiger partial charge is 0.310 e. The van der Waals surface area contributed by atoms with Crippen LogP contribution in [0.3, 0.4) is 0 Å². The Hall–Kier alpha value is -2.08. The molecule has 1 aromatic heterocycles. The maximum Gasteiger partial charge on any atom is 0.257 e. The SMILES string of the molecule is CCSc1nc2c(c(=O)[nH]1)C(c1ccc(CC)cc1)CC(=O)N2. The fourth-order valence-corrected chi connectivity index (χ4v) is 3.42. The van der Waals surface area contributed by atoms with E-state index in [0.717, 1.165) is 17.7 Å². The van der Waals surface area contributed by atoms with Crippen LogP contribution in [-0.4, -0.2) is 21.6 Å². The fraction of sp³-hybridized carbons (Fsp3) is 0.353. The standard InChI is InChI=1S/C17H19N3O2S/c1-3-10-5-7-11(8-6-10)12-9-13(21)18-15-14(12)16(22)20-17(19-15)23-4-2/h5-8,12H,3-4,9H2,1-2H3,(H2,18,19,20,21,22). The van der Waals surface area contributed by atoms with Crippen molar-refractivity contribution in [3.05, 3.63) is 51.3 Å². The van der Waals surface area contributed by atoms with Gasteiger partial charge in [-0.25, -0.2) is 4.98 Å². The quantitative estimate of drug-likeness (QED) is 0.668. The van der Waals surface area contributed by atoms with Crippen LogP contribution in [0, 0.1) is 0 Å². The predicted molar refractivity (Wildman–Crippen MR) is 92.2 cm³/mol. The molecule has 120 valence electrons. The van der Waals surface area contributed by atoms with Crippen LogP contribution in [-0.2, 0) is 11.2 Å². The molecule has 2 N–H and O–H groups in total. The van der Waals surface area contributed by atoms with E-state index in [-0.39, 0.29) is 23.8 Å². The first-order valence-corrected chi connectivity index (χ1v) is 8.76. The van der Waals surface area contributed by atoms with Crippen molar-refractivity contribution in [3.63, 3.8) is 0 Å². The summed E-state index contributed by atoms with van der Waals surface area (Å²) in [5, 5.41) is 3.28. The van der Waals surface area contributed by atoms with E-state index in [0.29, 0.717) is 16.5 Å². The number of rotatable bonds is 4. The molecule has 6 heteroatoms. The lowest BCUT2D eigenvalue weighted by atomic mass is 9.86. The molecule has 23 heavy (non-hydrogen) atoms. The van der Waals surface area contributed by atoms with E-state index in [9.17, 15) is 9.59 Å². The summed E-state index contributed by atoms with van der Waals surface area (Å²) in [6, 6.07) is 8.09. The third-order valence-corrected chi connectivity index (χ3v) is 4.76. The number of thioether (sulfide) groups is 1. The number of fused-ring (bicyclic) bond motifs is 1. The number of aromatic nitrogens is 2. The van der Waals surface area contributed by atoms with Crippen molar-refractivity contribution in [1.29, 1.82) is 0 Å². The number of benzene rings is 1. The number of amides is 1. The van der Waals surface area contributed by atoms with Crippen molar-refractivity contribution in [2.45, 2.75) is 37.8 Å². The molecule has 3 rings (SSSR count). The van der Waals surface area contributed by atoms with Crippen LogP contribution in [0.4, 0.5) is 5.82 Å². The Kier molecular flexibility index (Phi) is 4.52. The summed E-state index contributed by atoms with van der Waals surface area (Å²) in [4.78, 5) is 31.8. The highest BCUT2D eigenvalue weighted by Crippen LogP contribution is 2.34. The Labute approximate surface area is 138 Å². The van der Waals surface area contributed by atoms with Crippen LogP contribution in [0.25, 0.3) is 0 Å². The summed E-state index contributed by atoms with van der Waals surface area (Å²) >= 11 is 1.45. The highest BCUT2D eigenvalue weighted by Gasteiger charge is 2.30. The van der Waals surface area contributed by atoms with Gasteiger partial charge in [0.05, 0.1) is 5.56 Å². The second-order valence-corrected chi connectivity index (χ2v) is 6.72. The number of carbonyl (C=O) groups excluding carboxylic acids is 1. The van der Waals surface area contributed by atoms with E-state index < -0.39 is 0 Å². The highest BCUT2D eigenvalue weighted by atomic mass is 32.2. The molecule has 1 unspecified atom stereocenters. The second kappa shape index (κ2) is 6.58. The molecule has 0 spiro atoms. The lowest BCUT2D eigenvalue weighted by Gasteiger charge is -2.24. The number of aromatic amines is 1. The first-order chi connectivity index (χ1) is 11.1. The van der Waals surface area contributed by atoms with Crippen LogP contribution in [0.1, 0.15) is 42.9 Å². The number of aryl methyl sites for hydroxylation is 1. The van der Waals surface area contributed by atoms with Crippen molar-refractivity contribution in [2.75, 3.05) is 11.1 Å². The molecule has 1 aliphatic heterocycles. The Balaban J connectivity index is 2.07. The van der Waals surface area contributed by atoms with Gasteiger partial charge in [-0.1, -0.05) is 49.9 Å². The zero-order valence-corrected chi connectivity index (χ0v) is 14.0. The van der Waals surface area contributed by atoms with Gasteiger partial charge < -0.3 is 10.3 Å². The lowest BCUT2D eigenvalue weighted by molar-refractivity contribution is -0.116. The molecule has 0 fully saturated rings. The fourth-order valence-electron chi connectivity index (χ4n) is 2.83. The van der Waals surface area contributed by atoms with Gasteiger partial charge in [0.2, 0.25) is 5.91 Å². The van der Waals surface area contributed by atoms with Gasteiger partial charge in [-0.15, -0.1) is 0 Å². The summed E-state index contributed by atoms with van der Waals surface area (Å²) < 4.78 is 0. The van der Waals surface area contributed by atoms with Gasteiger partial charge in [0.25, 0.3) is 5.56 Å². The monoisotopic (exact) mass is 329 g/mol. The molecule has 0 saturated heterocycles. The molecular weight excluding hydrogens is 310 g/mol. The normalized spacial score (nSPS) is 16.8.